The molecule has 2 unspecified atom stereocenters. The summed E-state index contributed by atoms with van der Waals surface area (Å²) in [6.07, 6.45) is 6.12. The van der Waals surface area contributed by atoms with Crippen LogP contribution in [0.1, 0.15) is 40.6 Å². The standard InChI is InChI=1S/C22H23N5O3/c1-26-20(10-18(25-26)15-9-14(29-2)5-7-21(15)30-3)22(28)27-13-4-6-19(27)16-11-23-12-24-17(16)8-13/h5,7,9-13,19H,4,6,8H2,1-3H3. The van der Waals surface area contributed by atoms with Crippen molar-refractivity contribution in [1.29, 1.82) is 0 Å². The first-order valence-corrected chi connectivity index (χ1v) is 9.98. The zero-order valence-electron chi connectivity index (χ0n) is 17.2. The van der Waals surface area contributed by atoms with Crippen LogP contribution in [0.2, 0.25) is 0 Å². The number of methoxy groups -OCH3 is 2. The second-order valence-electron chi connectivity index (χ2n) is 7.69. The third-order valence-electron chi connectivity index (χ3n) is 6.13. The maximum absolute atomic E-state index is 13.6. The number of fused-ring (bicyclic) bond motifs is 4. The summed E-state index contributed by atoms with van der Waals surface area (Å²) in [5.74, 6) is 1.37. The Morgan fingerprint density at radius 1 is 1.17 bits per heavy atom. The molecule has 1 aromatic carbocycles. The molecule has 8 heteroatoms. The van der Waals surface area contributed by atoms with Crippen LogP contribution in [-0.4, -0.2) is 50.8 Å². The number of hydrogen-bond donors (Lipinski definition) is 0. The van der Waals surface area contributed by atoms with Gasteiger partial charge in [-0.05, 0) is 37.1 Å². The summed E-state index contributed by atoms with van der Waals surface area (Å²) in [5.41, 5.74) is 4.13. The van der Waals surface area contributed by atoms with E-state index >= 15 is 0 Å². The van der Waals surface area contributed by atoms with Gasteiger partial charge in [-0.1, -0.05) is 0 Å². The molecule has 8 nitrogen and oxygen atoms in total. The van der Waals surface area contributed by atoms with Crippen LogP contribution >= 0.6 is 0 Å². The predicted molar refractivity (Wildman–Crippen MR) is 109 cm³/mol. The molecule has 0 radical (unpaired) electrons. The number of benzene rings is 1. The van der Waals surface area contributed by atoms with E-state index in [2.05, 4.69) is 15.1 Å². The normalized spacial score (nSPS) is 19.5. The highest BCUT2D eigenvalue weighted by molar-refractivity contribution is 5.95. The highest BCUT2D eigenvalue weighted by Gasteiger charge is 2.44. The van der Waals surface area contributed by atoms with Crippen LogP contribution in [0.3, 0.4) is 0 Å². The Bertz CT molecular complexity index is 1130. The largest absolute Gasteiger partial charge is 0.497 e. The van der Waals surface area contributed by atoms with Crippen molar-refractivity contribution in [2.24, 2.45) is 7.05 Å². The molecule has 2 atom stereocenters. The van der Waals surface area contributed by atoms with Gasteiger partial charge >= 0.3 is 0 Å². The van der Waals surface area contributed by atoms with Crippen molar-refractivity contribution in [3.63, 3.8) is 0 Å². The number of aryl methyl sites for hydroxylation is 1. The third kappa shape index (κ3) is 2.82. The Balaban J connectivity index is 1.51. The maximum Gasteiger partial charge on any atom is 0.272 e. The van der Waals surface area contributed by atoms with Crippen LogP contribution in [0.25, 0.3) is 11.3 Å². The van der Waals surface area contributed by atoms with E-state index in [1.165, 1.54) is 0 Å². The molecular weight excluding hydrogens is 382 g/mol. The molecule has 0 N–H and O–H groups in total. The Kier molecular flexibility index (Phi) is 4.42. The fraction of sp³-hybridized carbons (Fsp3) is 0.364. The molecule has 1 saturated heterocycles. The maximum atomic E-state index is 13.6. The summed E-state index contributed by atoms with van der Waals surface area (Å²) in [4.78, 5) is 24.2. The fourth-order valence-corrected chi connectivity index (χ4v) is 4.68. The fourth-order valence-electron chi connectivity index (χ4n) is 4.68. The van der Waals surface area contributed by atoms with Crippen molar-refractivity contribution in [1.82, 2.24) is 24.6 Å². The molecule has 2 aliphatic rings. The Labute approximate surface area is 174 Å². The molecule has 1 fully saturated rings. The monoisotopic (exact) mass is 405 g/mol. The van der Waals surface area contributed by atoms with Crippen LogP contribution in [-0.2, 0) is 13.5 Å². The minimum absolute atomic E-state index is 0.0138. The topological polar surface area (TPSA) is 82.4 Å². The molecule has 1 amide bonds. The molecule has 3 aromatic rings. The van der Waals surface area contributed by atoms with Gasteiger partial charge in [0.1, 0.15) is 23.5 Å². The Morgan fingerprint density at radius 2 is 2.03 bits per heavy atom. The van der Waals surface area contributed by atoms with E-state index < -0.39 is 0 Å². The van der Waals surface area contributed by atoms with Crippen molar-refractivity contribution in [3.05, 3.63) is 53.7 Å². The van der Waals surface area contributed by atoms with Crippen molar-refractivity contribution >= 4 is 5.91 Å². The van der Waals surface area contributed by atoms with Crippen LogP contribution in [0.4, 0.5) is 0 Å². The highest BCUT2D eigenvalue weighted by atomic mass is 16.5. The number of carbonyl (C=O) groups is 1. The van der Waals surface area contributed by atoms with Gasteiger partial charge in [0.2, 0.25) is 0 Å². The molecule has 0 spiro atoms. The zero-order valence-corrected chi connectivity index (χ0v) is 17.2. The predicted octanol–water partition coefficient (Wildman–Crippen LogP) is 2.80. The third-order valence-corrected chi connectivity index (χ3v) is 6.13. The van der Waals surface area contributed by atoms with Crippen molar-refractivity contribution < 1.29 is 14.3 Å². The summed E-state index contributed by atoms with van der Waals surface area (Å²) in [7, 11) is 5.03. The smallest absolute Gasteiger partial charge is 0.272 e. The van der Waals surface area contributed by atoms with E-state index in [0.29, 0.717) is 22.9 Å². The van der Waals surface area contributed by atoms with E-state index in [9.17, 15) is 4.79 Å². The molecule has 30 heavy (non-hydrogen) atoms. The highest BCUT2D eigenvalue weighted by Crippen LogP contribution is 2.43. The van der Waals surface area contributed by atoms with E-state index in [-0.39, 0.29) is 18.0 Å². The van der Waals surface area contributed by atoms with E-state index in [1.807, 2.05) is 35.4 Å². The quantitative estimate of drug-likeness (QED) is 0.664. The second-order valence-corrected chi connectivity index (χ2v) is 7.69. The minimum atomic E-state index is -0.0138. The number of carbonyl (C=O) groups excluding carboxylic acids is 1. The van der Waals surface area contributed by atoms with E-state index in [4.69, 9.17) is 9.47 Å². The van der Waals surface area contributed by atoms with E-state index in [1.54, 1.807) is 32.3 Å². The number of hydrogen-bond acceptors (Lipinski definition) is 6. The van der Waals surface area contributed by atoms with Crippen LogP contribution in [0, 0.1) is 0 Å². The summed E-state index contributed by atoms with van der Waals surface area (Å²) in [5, 5.41) is 4.60. The van der Waals surface area contributed by atoms with Gasteiger partial charge in [0.05, 0.1) is 31.6 Å². The van der Waals surface area contributed by atoms with Crippen LogP contribution in [0.5, 0.6) is 11.5 Å². The first-order valence-electron chi connectivity index (χ1n) is 9.98. The molecule has 2 bridgehead atoms. The van der Waals surface area contributed by atoms with Gasteiger partial charge in [-0.15, -0.1) is 0 Å². The minimum Gasteiger partial charge on any atom is -0.497 e. The van der Waals surface area contributed by atoms with Crippen molar-refractivity contribution in [2.75, 3.05) is 14.2 Å². The summed E-state index contributed by atoms with van der Waals surface area (Å²) in [6, 6.07) is 7.56. The lowest BCUT2D eigenvalue weighted by atomic mass is 9.99. The van der Waals surface area contributed by atoms with Crippen LogP contribution in [0.15, 0.2) is 36.8 Å². The van der Waals surface area contributed by atoms with E-state index in [0.717, 1.165) is 36.1 Å². The summed E-state index contributed by atoms with van der Waals surface area (Å²) >= 11 is 0. The first kappa shape index (κ1) is 18.6. The number of rotatable bonds is 4. The second kappa shape index (κ2) is 7.12. The lowest BCUT2D eigenvalue weighted by Gasteiger charge is -2.35. The number of ether oxygens (including phenoxy) is 2. The van der Waals surface area contributed by atoms with Gasteiger partial charge in [-0.2, -0.15) is 5.10 Å². The number of amides is 1. The SMILES string of the molecule is COc1ccc(OC)c(-c2cc(C(=O)N3C4CCC3c3cncnc3C4)n(C)n2)c1. The van der Waals surface area contributed by atoms with Crippen molar-refractivity contribution in [2.45, 2.75) is 31.3 Å². The van der Waals surface area contributed by atoms with Gasteiger partial charge in [0.25, 0.3) is 5.91 Å². The first-order chi connectivity index (χ1) is 14.6. The number of nitrogens with zero attached hydrogens (tertiary/aromatic N) is 5. The molecule has 4 heterocycles. The van der Waals surface area contributed by atoms with Crippen molar-refractivity contribution in [3.8, 4) is 22.8 Å². The molecule has 2 aliphatic heterocycles. The lowest BCUT2D eigenvalue weighted by Crippen LogP contribution is -2.42. The molecule has 0 aliphatic carbocycles. The number of aromatic nitrogens is 4. The van der Waals surface area contributed by atoms with Crippen LogP contribution < -0.4 is 9.47 Å². The Morgan fingerprint density at radius 3 is 2.83 bits per heavy atom. The molecule has 0 saturated carbocycles. The lowest BCUT2D eigenvalue weighted by molar-refractivity contribution is 0.0632. The molecule has 2 aromatic heterocycles. The summed E-state index contributed by atoms with van der Waals surface area (Å²) in [6.45, 7) is 0. The van der Waals surface area contributed by atoms with Gasteiger partial charge in [0.15, 0.2) is 0 Å². The van der Waals surface area contributed by atoms with Gasteiger partial charge < -0.3 is 14.4 Å². The Hall–Kier alpha value is -3.42. The molecule has 154 valence electrons. The molecule has 5 rings (SSSR count). The average molecular weight is 405 g/mol. The van der Waals surface area contributed by atoms with Gasteiger partial charge in [-0.25, -0.2) is 9.97 Å². The summed E-state index contributed by atoms with van der Waals surface area (Å²) < 4.78 is 12.5. The van der Waals surface area contributed by atoms with Gasteiger partial charge in [-0.3, -0.25) is 9.48 Å². The average Bonchev–Trinajstić information content (AvgIpc) is 3.31. The molecular formula is C22H23N5O3. The van der Waals surface area contributed by atoms with Gasteiger partial charge in [0, 0.05) is 36.8 Å². The zero-order chi connectivity index (χ0) is 20.8.